The quantitative estimate of drug-likeness (QED) is 0.845. The summed E-state index contributed by atoms with van der Waals surface area (Å²) in [6, 6.07) is 15.4. The molecule has 1 fully saturated rings. The molecule has 0 aliphatic carbocycles. The Morgan fingerprint density at radius 2 is 1.77 bits per heavy atom. The van der Waals surface area contributed by atoms with Crippen molar-refractivity contribution < 1.29 is 13.2 Å². The Kier molecular flexibility index (Phi) is 6.09. The van der Waals surface area contributed by atoms with E-state index < -0.39 is 10.0 Å². The third-order valence-corrected chi connectivity index (χ3v) is 6.34. The number of hydrogen-bond donors (Lipinski definition) is 1. The van der Waals surface area contributed by atoms with E-state index in [4.69, 9.17) is 4.74 Å². The molecular weight excluding hydrogens is 348 g/mol. The Bertz CT molecular complexity index is 831. The summed E-state index contributed by atoms with van der Waals surface area (Å²) in [6.45, 7) is 7.06. The molecule has 0 spiro atoms. The van der Waals surface area contributed by atoms with E-state index in [-0.39, 0.29) is 6.04 Å². The number of benzene rings is 2. The van der Waals surface area contributed by atoms with Crippen LogP contribution in [0, 0.1) is 13.8 Å². The molecule has 1 N–H and O–H groups in total. The fraction of sp³-hybridized carbons (Fsp3) is 0.400. The van der Waals surface area contributed by atoms with E-state index in [2.05, 4.69) is 9.62 Å². The van der Waals surface area contributed by atoms with Crippen LogP contribution >= 0.6 is 0 Å². The van der Waals surface area contributed by atoms with E-state index in [9.17, 15) is 8.42 Å². The van der Waals surface area contributed by atoms with Gasteiger partial charge in [-0.25, -0.2) is 13.1 Å². The summed E-state index contributed by atoms with van der Waals surface area (Å²) in [6.07, 6.45) is 0. The van der Waals surface area contributed by atoms with Crippen LogP contribution in [-0.2, 0) is 14.8 Å². The van der Waals surface area contributed by atoms with Gasteiger partial charge in [-0.3, -0.25) is 4.90 Å². The molecule has 1 saturated heterocycles. The number of morpholine rings is 1. The van der Waals surface area contributed by atoms with Gasteiger partial charge in [-0.05, 0) is 31.0 Å². The number of nitrogens with zero attached hydrogens (tertiary/aromatic N) is 1. The molecule has 2 aromatic rings. The molecule has 5 nitrogen and oxygen atoms in total. The Labute approximate surface area is 156 Å². The van der Waals surface area contributed by atoms with Crippen LogP contribution < -0.4 is 4.72 Å². The summed E-state index contributed by atoms with van der Waals surface area (Å²) in [4.78, 5) is 2.63. The van der Waals surface area contributed by atoms with Crippen LogP contribution in [0.2, 0.25) is 0 Å². The second-order valence-electron chi connectivity index (χ2n) is 6.70. The maximum atomic E-state index is 12.8. The molecule has 0 amide bonds. The number of ether oxygens (including phenoxy) is 1. The van der Waals surface area contributed by atoms with Crippen LogP contribution in [0.4, 0.5) is 0 Å². The van der Waals surface area contributed by atoms with Gasteiger partial charge in [-0.15, -0.1) is 0 Å². The van der Waals surface area contributed by atoms with Crippen LogP contribution in [0.15, 0.2) is 53.4 Å². The highest BCUT2D eigenvalue weighted by molar-refractivity contribution is 7.89. The van der Waals surface area contributed by atoms with Crippen molar-refractivity contribution in [2.75, 3.05) is 32.8 Å². The molecule has 1 heterocycles. The van der Waals surface area contributed by atoms with E-state index >= 15 is 0 Å². The second kappa shape index (κ2) is 8.31. The lowest BCUT2D eigenvalue weighted by Crippen LogP contribution is -2.43. The van der Waals surface area contributed by atoms with Gasteiger partial charge in [-0.1, -0.05) is 48.0 Å². The number of sulfonamides is 1. The Balaban J connectivity index is 1.80. The summed E-state index contributed by atoms with van der Waals surface area (Å²) >= 11 is 0. The first-order valence-corrected chi connectivity index (χ1v) is 10.4. The highest BCUT2D eigenvalue weighted by Crippen LogP contribution is 2.23. The largest absolute Gasteiger partial charge is 0.379 e. The first-order valence-electron chi connectivity index (χ1n) is 8.91. The minimum absolute atomic E-state index is 0.0133. The van der Waals surface area contributed by atoms with E-state index in [0.29, 0.717) is 24.7 Å². The van der Waals surface area contributed by atoms with Gasteiger partial charge in [0.15, 0.2) is 0 Å². The molecular formula is C20H26N2O3S. The molecule has 1 atom stereocenters. The maximum absolute atomic E-state index is 12.8. The zero-order valence-electron chi connectivity index (χ0n) is 15.3. The monoisotopic (exact) mass is 374 g/mol. The summed E-state index contributed by atoms with van der Waals surface area (Å²) in [5, 5.41) is 0. The average molecular weight is 375 g/mol. The van der Waals surface area contributed by atoms with Crippen molar-refractivity contribution in [3.63, 3.8) is 0 Å². The van der Waals surface area contributed by atoms with Crippen molar-refractivity contribution in [2.45, 2.75) is 24.8 Å². The normalized spacial score (nSPS) is 17.2. The van der Waals surface area contributed by atoms with Crippen molar-refractivity contribution in [1.82, 2.24) is 9.62 Å². The zero-order valence-corrected chi connectivity index (χ0v) is 16.1. The molecule has 3 rings (SSSR count). The van der Waals surface area contributed by atoms with Crippen molar-refractivity contribution >= 4 is 10.0 Å². The van der Waals surface area contributed by atoms with Crippen LogP contribution in [0.1, 0.15) is 22.7 Å². The summed E-state index contributed by atoms with van der Waals surface area (Å²) in [5.74, 6) is 0. The average Bonchev–Trinajstić information content (AvgIpc) is 2.63. The van der Waals surface area contributed by atoms with E-state index in [0.717, 1.165) is 29.8 Å². The van der Waals surface area contributed by atoms with Gasteiger partial charge in [-0.2, -0.15) is 0 Å². The minimum Gasteiger partial charge on any atom is -0.379 e. The molecule has 6 heteroatoms. The summed E-state index contributed by atoms with van der Waals surface area (Å²) < 4.78 is 33.9. The van der Waals surface area contributed by atoms with E-state index in [1.165, 1.54) is 0 Å². The predicted molar refractivity (Wildman–Crippen MR) is 103 cm³/mol. The molecule has 2 aromatic carbocycles. The highest BCUT2D eigenvalue weighted by atomic mass is 32.2. The molecule has 0 saturated carbocycles. The van der Waals surface area contributed by atoms with Gasteiger partial charge < -0.3 is 4.74 Å². The number of aryl methyl sites for hydroxylation is 2. The van der Waals surface area contributed by atoms with Crippen LogP contribution in [0.5, 0.6) is 0 Å². The fourth-order valence-corrected chi connectivity index (χ4v) is 4.65. The highest BCUT2D eigenvalue weighted by Gasteiger charge is 2.25. The van der Waals surface area contributed by atoms with Crippen LogP contribution in [0.25, 0.3) is 0 Å². The second-order valence-corrected chi connectivity index (χ2v) is 8.43. The molecule has 26 heavy (non-hydrogen) atoms. The standard InChI is InChI=1S/C20H26N2O3S/c1-16-8-9-20(17(2)14-16)26(23,24)21-15-19(18-6-4-3-5-7-18)22-10-12-25-13-11-22/h3-9,14,19,21H,10-13,15H2,1-2H3. The summed E-state index contributed by atoms with van der Waals surface area (Å²) in [5.41, 5.74) is 2.93. The number of hydrogen-bond acceptors (Lipinski definition) is 4. The van der Waals surface area contributed by atoms with Gasteiger partial charge in [0, 0.05) is 25.7 Å². The van der Waals surface area contributed by atoms with Crippen molar-refractivity contribution in [1.29, 1.82) is 0 Å². The van der Waals surface area contributed by atoms with E-state index in [1.807, 2.05) is 56.3 Å². The van der Waals surface area contributed by atoms with Gasteiger partial charge in [0.25, 0.3) is 0 Å². The molecule has 0 radical (unpaired) electrons. The lowest BCUT2D eigenvalue weighted by molar-refractivity contribution is 0.0172. The first-order chi connectivity index (χ1) is 12.5. The van der Waals surface area contributed by atoms with Crippen molar-refractivity contribution in [2.24, 2.45) is 0 Å². The first kappa shape index (κ1) is 19.0. The van der Waals surface area contributed by atoms with E-state index in [1.54, 1.807) is 6.07 Å². The van der Waals surface area contributed by atoms with Crippen LogP contribution in [0.3, 0.4) is 0 Å². The third-order valence-electron chi connectivity index (χ3n) is 4.76. The van der Waals surface area contributed by atoms with Gasteiger partial charge in [0.2, 0.25) is 10.0 Å². The van der Waals surface area contributed by atoms with Crippen LogP contribution in [-0.4, -0.2) is 46.2 Å². The molecule has 0 aromatic heterocycles. The lowest BCUT2D eigenvalue weighted by Gasteiger charge is -2.35. The molecule has 0 bridgehead atoms. The molecule has 1 aliphatic rings. The molecule has 140 valence electrons. The predicted octanol–water partition coefficient (Wildman–Crippen LogP) is 2.66. The Hall–Kier alpha value is -1.73. The SMILES string of the molecule is Cc1ccc(S(=O)(=O)NCC(c2ccccc2)N2CCOCC2)c(C)c1. The van der Waals surface area contributed by atoms with Gasteiger partial charge in [0.05, 0.1) is 18.1 Å². The van der Waals surface area contributed by atoms with Crippen molar-refractivity contribution in [3.8, 4) is 0 Å². The molecule has 1 unspecified atom stereocenters. The number of rotatable bonds is 6. The number of nitrogens with one attached hydrogen (secondary N) is 1. The molecule has 1 aliphatic heterocycles. The van der Waals surface area contributed by atoms with Gasteiger partial charge in [0.1, 0.15) is 0 Å². The topological polar surface area (TPSA) is 58.6 Å². The minimum atomic E-state index is -3.56. The van der Waals surface area contributed by atoms with Crippen molar-refractivity contribution in [3.05, 3.63) is 65.2 Å². The Morgan fingerprint density at radius 1 is 1.08 bits per heavy atom. The lowest BCUT2D eigenvalue weighted by atomic mass is 10.1. The summed E-state index contributed by atoms with van der Waals surface area (Å²) in [7, 11) is -3.56. The Morgan fingerprint density at radius 3 is 2.42 bits per heavy atom. The third kappa shape index (κ3) is 4.51. The zero-order chi connectivity index (χ0) is 18.6. The fourth-order valence-electron chi connectivity index (χ4n) is 3.39. The smallest absolute Gasteiger partial charge is 0.240 e. The maximum Gasteiger partial charge on any atom is 0.240 e. The van der Waals surface area contributed by atoms with Gasteiger partial charge >= 0.3 is 0 Å².